The molecule has 0 spiro atoms. The molecule has 6 N–H and O–H groups in total. The van der Waals surface area contributed by atoms with Crippen LogP contribution < -0.4 is 20.8 Å². The molecule has 7 rings (SSSR count). The minimum atomic E-state index is -0.894. The number of H-pyrrole nitrogens is 1. The highest BCUT2D eigenvalue weighted by atomic mass is 32.1. The zero-order chi connectivity index (χ0) is 40.6. The Labute approximate surface area is 341 Å². The molecule has 1 aromatic heterocycles. The van der Waals surface area contributed by atoms with Gasteiger partial charge in [-0.25, -0.2) is 4.79 Å². The van der Waals surface area contributed by atoms with Crippen molar-refractivity contribution >= 4 is 50.8 Å². The van der Waals surface area contributed by atoms with Gasteiger partial charge in [0.1, 0.15) is 17.4 Å². The number of hydrogen-bond acceptors (Lipinski definition) is 10. The van der Waals surface area contributed by atoms with Crippen molar-refractivity contribution < 1.29 is 29.3 Å². The molecule has 1 saturated heterocycles. The maximum Gasteiger partial charge on any atom is 0.411 e. The normalized spacial score (nSPS) is 18.1. The first-order valence-electron chi connectivity index (χ1n) is 19.8. The van der Waals surface area contributed by atoms with Crippen molar-refractivity contribution in [1.29, 1.82) is 0 Å². The number of anilines is 2. The van der Waals surface area contributed by atoms with Gasteiger partial charge in [0.2, 0.25) is 11.8 Å². The van der Waals surface area contributed by atoms with Crippen LogP contribution in [0.2, 0.25) is 0 Å². The van der Waals surface area contributed by atoms with Crippen LogP contribution in [0.4, 0.5) is 16.2 Å². The number of thiazole rings is 1. The number of fused-ring (bicyclic) bond motifs is 2. The molecule has 4 atom stereocenters. The molecule has 3 amide bonds. The highest BCUT2D eigenvalue weighted by Crippen LogP contribution is 2.40. The third-order valence-electron chi connectivity index (χ3n) is 11.1. The zero-order valence-electron chi connectivity index (χ0n) is 32.5. The number of rotatable bonds is 16. The molecule has 13 nitrogen and oxygen atoms in total. The highest BCUT2D eigenvalue weighted by molar-refractivity contribution is 7.16. The van der Waals surface area contributed by atoms with Crippen LogP contribution in [0.15, 0.2) is 95.8 Å². The van der Waals surface area contributed by atoms with Gasteiger partial charge in [0.15, 0.2) is 0 Å². The van der Waals surface area contributed by atoms with Crippen LogP contribution in [-0.4, -0.2) is 88.8 Å². The number of aliphatic hydroxyl groups excluding tert-OH is 1. The summed E-state index contributed by atoms with van der Waals surface area (Å²) in [6.45, 7) is 3.60. The van der Waals surface area contributed by atoms with Crippen molar-refractivity contribution in [2.75, 3.05) is 50.4 Å². The Bertz CT molecular complexity index is 2270. The third kappa shape index (κ3) is 10.3. The monoisotopic (exact) mass is 806 g/mol. The number of aromatic nitrogens is 1. The molecule has 0 bridgehead atoms. The van der Waals surface area contributed by atoms with Crippen molar-refractivity contribution in [3.63, 3.8) is 0 Å². The second-order valence-electron chi connectivity index (χ2n) is 15.3. The molecule has 1 saturated carbocycles. The number of phenolic OH excluding ortho intramolecular Hbond substituents is 1. The van der Waals surface area contributed by atoms with Gasteiger partial charge in [0.05, 0.1) is 16.5 Å². The summed E-state index contributed by atoms with van der Waals surface area (Å²) in [5.41, 5.74) is 5.14. The first-order chi connectivity index (χ1) is 28.1. The molecule has 2 fully saturated rings. The number of likely N-dealkylation sites (tertiary alicyclic amines) is 1. The molecule has 2 aliphatic rings. The van der Waals surface area contributed by atoms with E-state index in [2.05, 4.69) is 25.8 Å². The fraction of sp³-hybridized carbons (Fsp3) is 0.364. The van der Waals surface area contributed by atoms with Gasteiger partial charge in [-0.3, -0.25) is 19.7 Å². The van der Waals surface area contributed by atoms with E-state index in [0.717, 1.165) is 59.6 Å². The number of phenols is 1. The lowest BCUT2D eigenvalue weighted by Crippen LogP contribution is -2.33. The first-order valence-corrected chi connectivity index (χ1v) is 20.6. The average Bonchev–Trinajstić information content (AvgIpc) is 3.90. The predicted molar refractivity (Wildman–Crippen MR) is 226 cm³/mol. The smallest absolute Gasteiger partial charge is 0.411 e. The topological polar surface area (TPSA) is 176 Å². The largest absolute Gasteiger partial charge is 0.506 e. The van der Waals surface area contributed by atoms with Crippen LogP contribution in [-0.2, 0) is 20.9 Å². The molecule has 1 aliphatic heterocycles. The summed E-state index contributed by atoms with van der Waals surface area (Å²) in [4.78, 5) is 56.7. The molecule has 1 unspecified atom stereocenters. The minimum Gasteiger partial charge on any atom is -0.506 e. The Kier molecular flexibility index (Phi) is 13.2. The number of ether oxygens (including phenoxy) is 1. The molecule has 2 heterocycles. The maximum atomic E-state index is 13.0. The highest BCUT2D eigenvalue weighted by Gasteiger charge is 2.42. The van der Waals surface area contributed by atoms with E-state index in [1.54, 1.807) is 18.0 Å². The summed E-state index contributed by atoms with van der Waals surface area (Å²) < 4.78 is 6.39. The second-order valence-corrected chi connectivity index (χ2v) is 16.3. The number of benzene rings is 4. The van der Waals surface area contributed by atoms with Gasteiger partial charge in [-0.1, -0.05) is 78.1 Å². The van der Waals surface area contributed by atoms with Gasteiger partial charge < -0.3 is 40.4 Å². The summed E-state index contributed by atoms with van der Waals surface area (Å²) in [5.74, 6) is 0.753. The Hall–Kier alpha value is -5.54. The Morgan fingerprint density at radius 1 is 0.948 bits per heavy atom. The fourth-order valence-electron chi connectivity index (χ4n) is 8.17. The molecule has 304 valence electrons. The summed E-state index contributed by atoms with van der Waals surface area (Å²) in [6, 6.07) is 28.2. The van der Waals surface area contributed by atoms with Crippen molar-refractivity contribution in [1.82, 2.24) is 20.1 Å². The molecule has 4 aromatic carbocycles. The van der Waals surface area contributed by atoms with Gasteiger partial charge >= 0.3 is 11.0 Å². The van der Waals surface area contributed by atoms with Gasteiger partial charge in [-0.05, 0) is 66.5 Å². The number of nitrogens with zero attached hydrogens (tertiary/aromatic N) is 2. The molecular formula is C44H50N6O7S. The predicted octanol–water partition coefficient (Wildman–Crippen LogP) is 6.31. The van der Waals surface area contributed by atoms with E-state index in [1.807, 2.05) is 78.9 Å². The van der Waals surface area contributed by atoms with Gasteiger partial charge in [0.25, 0.3) is 0 Å². The fourth-order valence-corrected chi connectivity index (χ4v) is 9.08. The van der Waals surface area contributed by atoms with E-state index >= 15 is 0 Å². The van der Waals surface area contributed by atoms with E-state index < -0.39 is 12.2 Å². The van der Waals surface area contributed by atoms with E-state index in [0.29, 0.717) is 65.8 Å². The minimum absolute atomic E-state index is 0.0400. The van der Waals surface area contributed by atoms with E-state index in [9.17, 15) is 29.4 Å². The van der Waals surface area contributed by atoms with Crippen molar-refractivity contribution in [3.05, 3.63) is 112 Å². The van der Waals surface area contributed by atoms with E-state index in [1.165, 1.54) is 6.07 Å². The van der Waals surface area contributed by atoms with E-state index in [4.69, 9.17) is 4.74 Å². The summed E-state index contributed by atoms with van der Waals surface area (Å²) in [5, 5.41) is 29.9. The number of aliphatic hydroxyl groups is 1. The van der Waals surface area contributed by atoms with Crippen LogP contribution in [0.5, 0.6) is 5.75 Å². The molecular weight excluding hydrogens is 757 g/mol. The van der Waals surface area contributed by atoms with Crippen LogP contribution in [0, 0.1) is 11.8 Å². The number of nitrogens with one attached hydrogen (secondary N) is 4. The zero-order valence-corrected chi connectivity index (χ0v) is 33.3. The number of aromatic amines is 1. The van der Waals surface area contributed by atoms with Crippen LogP contribution in [0.25, 0.3) is 21.3 Å². The van der Waals surface area contributed by atoms with Crippen LogP contribution >= 0.6 is 11.3 Å². The number of para-hydroxylation sites is 1. The lowest BCUT2D eigenvalue weighted by atomic mass is 10.0. The van der Waals surface area contributed by atoms with Crippen molar-refractivity contribution in [2.45, 2.75) is 50.9 Å². The molecule has 58 heavy (non-hydrogen) atoms. The van der Waals surface area contributed by atoms with Gasteiger partial charge in [0, 0.05) is 76.0 Å². The lowest BCUT2D eigenvalue weighted by Gasteiger charge is -2.21. The van der Waals surface area contributed by atoms with Crippen LogP contribution in [0.3, 0.4) is 0 Å². The average molecular weight is 807 g/mol. The maximum absolute atomic E-state index is 13.0. The second kappa shape index (κ2) is 18.8. The molecule has 5 aromatic rings. The molecule has 0 radical (unpaired) electrons. The number of aromatic hydroxyl groups is 1. The Morgan fingerprint density at radius 2 is 1.71 bits per heavy atom. The van der Waals surface area contributed by atoms with Crippen molar-refractivity contribution in [2.24, 2.45) is 11.8 Å². The number of amides is 3. The first kappa shape index (κ1) is 40.6. The lowest BCUT2D eigenvalue weighted by molar-refractivity contribution is -0.130. The van der Waals surface area contributed by atoms with Crippen LogP contribution in [0.1, 0.15) is 49.3 Å². The standard InChI is InChI=1S/C44H50N6O7S/c1-49(19-8-15-39(53)46-32-12-7-9-28(21-32)24-45-25-38(52)35-16-17-37(51)41-42(35)58-44(56)48-41)40(54)18-20-50-26-30-22-33(23-31(30)27-50)57-43(55)47-36-14-6-5-13-34(36)29-10-3-2-4-11-29/h2-7,9-14,16-17,21,30-31,33,38,45,51-52H,8,15,18-20,22-27H2,1H3,(H,46,53)(H,47,55)(H,48,56)/t30-,31+,33?,38-/m0/s1. The summed E-state index contributed by atoms with van der Waals surface area (Å²) in [7, 11) is 1.78. The number of carbonyl (C=O) groups is 3. The SMILES string of the molecule is CN(CCCC(=O)Nc1cccc(CNC[C@H](O)c2ccc(O)c3[nH]c(=O)sc23)c1)C(=O)CCN1C[C@H]2CC(OC(=O)Nc3ccccc3-c3ccccc3)C[C@H]2C1. The van der Waals surface area contributed by atoms with Crippen molar-refractivity contribution in [3.8, 4) is 16.9 Å². The number of hydrogen-bond donors (Lipinski definition) is 6. The number of carbonyl (C=O) groups excluding carboxylic acids is 3. The Balaban J connectivity index is 0.765. The molecule has 14 heteroatoms. The molecule has 1 aliphatic carbocycles. The third-order valence-corrected chi connectivity index (χ3v) is 12.0. The summed E-state index contributed by atoms with van der Waals surface area (Å²) >= 11 is 0.945. The summed E-state index contributed by atoms with van der Waals surface area (Å²) in [6.07, 6.45) is 1.42. The quantitative estimate of drug-likeness (QED) is 0.0668. The van der Waals surface area contributed by atoms with E-state index in [-0.39, 0.29) is 41.5 Å². The Morgan fingerprint density at radius 3 is 2.50 bits per heavy atom. The van der Waals surface area contributed by atoms with Gasteiger partial charge in [-0.2, -0.15) is 0 Å². The van der Waals surface area contributed by atoms with Gasteiger partial charge in [-0.15, -0.1) is 0 Å².